The maximum absolute atomic E-state index is 12.6. The van der Waals surface area contributed by atoms with Gasteiger partial charge in [-0.3, -0.25) is 9.59 Å². The van der Waals surface area contributed by atoms with Gasteiger partial charge in [-0.2, -0.15) is 0 Å². The van der Waals surface area contributed by atoms with E-state index < -0.39 is 0 Å². The third-order valence-corrected chi connectivity index (χ3v) is 5.51. The molecule has 1 N–H and O–H groups in total. The van der Waals surface area contributed by atoms with Crippen LogP contribution >= 0.6 is 0 Å². The number of rotatable bonds is 3. The third kappa shape index (κ3) is 2.75. The van der Waals surface area contributed by atoms with E-state index in [1.54, 1.807) is 6.33 Å². The molecule has 3 heterocycles. The van der Waals surface area contributed by atoms with Gasteiger partial charge in [0.15, 0.2) is 0 Å². The summed E-state index contributed by atoms with van der Waals surface area (Å²) in [4.78, 5) is 31.2. The van der Waals surface area contributed by atoms with Crippen LogP contribution in [0.1, 0.15) is 54.7 Å². The van der Waals surface area contributed by atoms with Crippen LogP contribution in [0.25, 0.3) is 0 Å². The molecular weight excluding hydrogens is 292 g/mol. The fraction of sp³-hybridized carbons (Fsp3) is 0.706. The number of nitrogens with zero attached hydrogens (tertiary/aromatic N) is 3. The first kappa shape index (κ1) is 14.7. The van der Waals surface area contributed by atoms with Crippen molar-refractivity contribution in [1.82, 2.24) is 19.8 Å². The van der Waals surface area contributed by atoms with Crippen molar-refractivity contribution in [1.29, 1.82) is 0 Å². The molecule has 1 unspecified atom stereocenters. The second kappa shape index (κ2) is 5.98. The lowest BCUT2D eigenvalue weighted by Crippen LogP contribution is -2.44. The van der Waals surface area contributed by atoms with E-state index in [9.17, 15) is 9.59 Å². The molecule has 1 saturated carbocycles. The monoisotopic (exact) mass is 316 g/mol. The van der Waals surface area contributed by atoms with Crippen LogP contribution < -0.4 is 5.32 Å². The summed E-state index contributed by atoms with van der Waals surface area (Å²) in [5.41, 5.74) is 1.61. The predicted octanol–water partition coefficient (Wildman–Crippen LogP) is 1.35. The second-order valence-electron chi connectivity index (χ2n) is 7.06. The largest absolute Gasteiger partial charge is 0.353 e. The van der Waals surface area contributed by atoms with Crippen LogP contribution in [-0.4, -0.2) is 45.4 Å². The van der Waals surface area contributed by atoms with Crippen LogP contribution in [0.15, 0.2) is 6.33 Å². The molecule has 1 aliphatic carbocycles. The van der Waals surface area contributed by atoms with Gasteiger partial charge in [0.2, 0.25) is 5.91 Å². The topological polar surface area (TPSA) is 67.2 Å². The summed E-state index contributed by atoms with van der Waals surface area (Å²) in [5, 5.41) is 3.14. The highest BCUT2D eigenvalue weighted by Gasteiger charge is 2.32. The van der Waals surface area contributed by atoms with Gasteiger partial charge in [-0.25, -0.2) is 4.98 Å². The Morgan fingerprint density at radius 2 is 1.91 bits per heavy atom. The molecule has 0 spiro atoms. The maximum atomic E-state index is 12.6. The molecule has 6 nitrogen and oxygen atoms in total. The van der Waals surface area contributed by atoms with Crippen molar-refractivity contribution in [3.8, 4) is 0 Å². The Bertz CT molecular complexity index is 614. The molecular formula is C17H24N4O2. The van der Waals surface area contributed by atoms with E-state index in [0.29, 0.717) is 18.3 Å². The molecule has 23 heavy (non-hydrogen) atoms. The van der Waals surface area contributed by atoms with Crippen molar-refractivity contribution in [2.24, 2.45) is 5.92 Å². The molecule has 2 aliphatic heterocycles. The Kier molecular flexibility index (Phi) is 3.83. The standard InChI is InChI=1S/C17H24N4O2/c22-16(19-13-4-3-5-13)12-6-7-14-15(18-11-21(14)10-12)17(23)20-8-1-2-9-20/h11-13H,1-10H2,(H,19,22). The Hall–Kier alpha value is -1.85. The molecule has 2 fully saturated rings. The number of imidazole rings is 1. The Balaban J connectivity index is 1.44. The van der Waals surface area contributed by atoms with Crippen LogP contribution in [0.3, 0.4) is 0 Å². The van der Waals surface area contributed by atoms with Gasteiger partial charge in [0.1, 0.15) is 5.69 Å². The van der Waals surface area contributed by atoms with E-state index in [0.717, 1.165) is 57.3 Å². The highest BCUT2D eigenvalue weighted by Crippen LogP contribution is 2.25. The lowest BCUT2D eigenvalue weighted by molar-refractivity contribution is -0.127. The van der Waals surface area contributed by atoms with Crippen molar-refractivity contribution in [2.45, 2.75) is 57.5 Å². The number of carbonyl (C=O) groups is 2. The molecule has 1 aromatic rings. The second-order valence-corrected chi connectivity index (χ2v) is 7.06. The number of carbonyl (C=O) groups excluding carboxylic acids is 2. The summed E-state index contributed by atoms with van der Waals surface area (Å²) in [6.07, 6.45) is 8.94. The van der Waals surface area contributed by atoms with E-state index in [4.69, 9.17) is 0 Å². The molecule has 0 bridgehead atoms. The molecule has 4 rings (SSSR count). The summed E-state index contributed by atoms with van der Waals surface area (Å²) >= 11 is 0. The smallest absolute Gasteiger partial charge is 0.274 e. The number of amides is 2. The maximum Gasteiger partial charge on any atom is 0.274 e. The van der Waals surface area contributed by atoms with Gasteiger partial charge in [0, 0.05) is 25.7 Å². The molecule has 2 amide bonds. The number of nitrogens with one attached hydrogen (secondary N) is 1. The normalized spacial score (nSPS) is 24.2. The number of aromatic nitrogens is 2. The van der Waals surface area contributed by atoms with Crippen molar-refractivity contribution in [3.63, 3.8) is 0 Å². The third-order valence-electron chi connectivity index (χ3n) is 5.51. The number of hydrogen-bond acceptors (Lipinski definition) is 3. The highest BCUT2D eigenvalue weighted by atomic mass is 16.2. The first-order valence-electron chi connectivity index (χ1n) is 8.86. The Morgan fingerprint density at radius 1 is 1.13 bits per heavy atom. The van der Waals surface area contributed by atoms with Gasteiger partial charge >= 0.3 is 0 Å². The summed E-state index contributed by atoms with van der Waals surface area (Å²) in [5.74, 6) is 0.238. The van der Waals surface area contributed by atoms with E-state index in [2.05, 4.69) is 10.3 Å². The summed E-state index contributed by atoms with van der Waals surface area (Å²) in [7, 11) is 0. The summed E-state index contributed by atoms with van der Waals surface area (Å²) < 4.78 is 2.01. The molecule has 6 heteroatoms. The molecule has 124 valence electrons. The minimum Gasteiger partial charge on any atom is -0.353 e. The van der Waals surface area contributed by atoms with Gasteiger partial charge in [-0.1, -0.05) is 0 Å². The van der Waals surface area contributed by atoms with Crippen molar-refractivity contribution >= 4 is 11.8 Å². The van der Waals surface area contributed by atoms with E-state index >= 15 is 0 Å². The minimum atomic E-state index is 0.00652. The zero-order valence-corrected chi connectivity index (χ0v) is 13.5. The summed E-state index contributed by atoms with van der Waals surface area (Å²) in [6, 6.07) is 0.388. The van der Waals surface area contributed by atoms with Gasteiger partial charge in [0.05, 0.1) is 17.9 Å². The molecule has 3 aliphatic rings. The zero-order valence-electron chi connectivity index (χ0n) is 13.5. The quantitative estimate of drug-likeness (QED) is 0.915. The minimum absolute atomic E-state index is 0.00652. The SMILES string of the molecule is O=C(NC1CCC1)C1CCc2c(C(=O)N3CCCC3)ncn2C1. The number of hydrogen-bond donors (Lipinski definition) is 1. The molecule has 0 aromatic carbocycles. The van der Waals surface area contributed by atoms with Gasteiger partial charge < -0.3 is 14.8 Å². The molecule has 1 saturated heterocycles. The number of likely N-dealkylation sites (tertiary alicyclic amines) is 1. The van der Waals surface area contributed by atoms with Gasteiger partial charge in [-0.15, -0.1) is 0 Å². The van der Waals surface area contributed by atoms with Gasteiger partial charge in [0.25, 0.3) is 5.91 Å². The van der Waals surface area contributed by atoms with Crippen molar-refractivity contribution in [3.05, 3.63) is 17.7 Å². The average Bonchev–Trinajstić information content (AvgIpc) is 3.18. The van der Waals surface area contributed by atoms with Crippen LogP contribution in [0.4, 0.5) is 0 Å². The van der Waals surface area contributed by atoms with Crippen LogP contribution in [-0.2, 0) is 17.8 Å². The fourth-order valence-electron chi connectivity index (χ4n) is 3.80. The number of fused-ring (bicyclic) bond motifs is 1. The lowest BCUT2D eigenvalue weighted by atomic mass is 9.91. The first-order chi connectivity index (χ1) is 11.2. The van der Waals surface area contributed by atoms with E-state index in [1.807, 2.05) is 9.47 Å². The van der Waals surface area contributed by atoms with E-state index in [1.165, 1.54) is 6.42 Å². The van der Waals surface area contributed by atoms with E-state index in [-0.39, 0.29) is 17.7 Å². The van der Waals surface area contributed by atoms with Gasteiger partial charge in [-0.05, 0) is 44.9 Å². The Labute approximate surface area is 136 Å². The predicted molar refractivity (Wildman–Crippen MR) is 85.0 cm³/mol. The first-order valence-corrected chi connectivity index (χ1v) is 8.86. The average molecular weight is 316 g/mol. The van der Waals surface area contributed by atoms with Crippen molar-refractivity contribution < 1.29 is 9.59 Å². The molecule has 1 aromatic heterocycles. The molecule has 0 radical (unpaired) electrons. The fourth-order valence-corrected chi connectivity index (χ4v) is 3.80. The van der Waals surface area contributed by atoms with Crippen LogP contribution in [0.5, 0.6) is 0 Å². The summed E-state index contributed by atoms with van der Waals surface area (Å²) in [6.45, 7) is 2.34. The highest BCUT2D eigenvalue weighted by molar-refractivity contribution is 5.93. The molecule has 1 atom stereocenters. The van der Waals surface area contributed by atoms with Crippen LogP contribution in [0.2, 0.25) is 0 Å². The Morgan fingerprint density at radius 3 is 2.61 bits per heavy atom. The zero-order chi connectivity index (χ0) is 15.8. The van der Waals surface area contributed by atoms with Crippen LogP contribution in [0, 0.1) is 5.92 Å². The lowest BCUT2D eigenvalue weighted by Gasteiger charge is -2.30. The van der Waals surface area contributed by atoms with Crippen molar-refractivity contribution in [2.75, 3.05) is 13.1 Å².